The summed E-state index contributed by atoms with van der Waals surface area (Å²) >= 11 is 0. The molecule has 4 aliphatic rings. The summed E-state index contributed by atoms with van der Waals surface area (Å²) in [7, 11) is 1.42. The second kappa shape index (κ2) is 13.6. The van der Waals surface area contributed by atoms with Crippen molar-refractivity contribution in [1.82, 2.24) is 19.9 Å². The summed E-state index contributed by atoms with van der Waals surface area (Å²) < 4.78 is 50.6. The first kappa shape index (κ1) is 34.8. The zero-order valence-corrected chi connectivity index (χ0v) is 29.8. The van der Waals surface area contributed by atoms with E-state index in [1.807, 2.05) is 4.90 Å². The number of phenols is 1. The van der Waals surface area contributed by atoms with Crippen molar-refractivity contribution >= 4 is 27.5 Å². The molecule has 0 amide bonds. The van der Waals surface area contributed by atoms with Crippen LogP contribution in [0.4, 0.5) is 14.6 Å². The lowest BCUT2D eigenvalue weighted by Gasteiger charge is -2.46. The second-order valence-corrected chi connectivity index (χ2v) is 15.3. The first-order valence-corrected chi connectivity index (χ1v) is 18.4. The molecule has 8 rings (SSSR count). The maximum absolute atomic E-state index is 17.2. The van der Waals surface area contributed by atoms with Gasteiger partial charge in [0.2, 0.25) is 5.88 Å². The fourth-order valence-corrected chi connectivity index (χ4v) is 9.37. The summed E-state index contributed by atoms with van der Waals surface area (Å²) in [6.45, 7) is 5.74. The monoisotopic (exact) mass is 713 g/mol. The molecular weight excluding hydrogens is 668 g/mol. The SMILES string of the molecule is C#Cc1c(F)ccc2cc(O)cc(-c3nc(OC)c4c(N5CCCC(C)(O)C5)nc(OCC56CCCC5N(CC5CCCO5)CCC6)nc4c3F)c12. The van der Waals surface area contributed by atoms with Crippen molar-refractivity contribution in [2.45, 2.75) is 82.5 Å². The van der Waals surface area contributed by atoms with Crippen LogP contribution in [0.3, 0.4) is 0 Å². The number of methoxy groups -OCH3 is 1. The third kappa shape index (κ3) is 6.16. The molecule has 0 spiro atoms. The van der Waals surface area contributed by atoms with Crippen LogP contribution in [0.2, 0.25) is 0 Å². The van der Waals surface area contributed by atoms with Gasteiger partial charge in [0.15, 0.2) is 5.82 Å². The molecule has 3 aliphatic heterocycles. The molecule has 2 aromatic heterocycles. The number of piperidine rings is 2. The Hall–Kier alpha value is -4.31. The van der Waals surface area contributed by atoms with Gasteiger partial charge in [0, 0.05) is 48.6 Å². The van der Waals surface area contributed by atoms with Gasteiger partial charge in [-0.3, -0.25) is 4.90 Å². The summed E-state index contributed by atoms with van der Waals surface area (Å²) in [5, 5.41) is 22.7. The molecule has 3 saturated heterocycles. The van der Waals surface area contributed by atoms with Crippen LogP contribution in [0.1, 0.15) is 70.3 Å². The van der Waals surface area contributed by atoms with Crippen LogP contribution in [-0.4, -0.2) is 94.3 Å². The molecule has 0 radical (unpaired) electrons. The summed E-state index contributed by atoms with van der Waals surface area (Å²) in [5.74, 6) is 1.09. The van der Waals surface area contributed by atoms with E-state index < -0.39 is 17.2 Å². The Morgan fingerprint density at radius 2 is 1.87 bits per heavy atom. The number of ether oxygens (including phenoxy) is 3. The van der Waals surface area contributed by atoms with Gasteiger partial charge in [0.25, 0.3) is 0 Å². The van der Waals surface area contributed by atoms with Crippen molar-refractivity contribution in [1.29, 1.82) is 0 Å². The minimum atomic E-state index is -1.00. The molecule has 4 aromatic rings. The number of benzene rings is 2. The van der Waals surface area contributed by atoms with Crippen molar-refractivity contribution in [2.24, 2.45) is 5.41 Å². The van der Waals surface area contributed by atoms with Crippen LogP contribution in [0.25, 0.3) is 32.9 Å². The Bertz CT molecular complexity index is 2060. The quantitative estimate of drug-likeness (QED) is 0.200. The van der Waals surface area contributed by atoms with E-state index in [4.69, 9.17) is 30.6 Å². The highest BCUT2D eigenvalue weighted by molar-refractivity contribution is 6.04. The molecule has 10 nitrogen and oxygen atoms in total. The van der Waals surface area contributed by atoms with Crippen molar-refractivity contribution in [3.05, 3.63) is 41.5 Å². The number of nitrogens with zero attached hydrogens (tertiary/aromatic N) is 5. The Morgan fingerprint density at radius 1 is 1.04 bits per heavy atom. The van der Waals surface area contributed by atoms with Crippen LogP contribution in [0, 0.1) is 29.4 Å². The Balaban J connectivity index is 1.25. The zero-order valence-electron chi connectivity index (χ0n) is 29.8. The molecule has 1 saturated carbocycles. The van der Waals surface area contributed by atoms with Gasteiger partial charge in [-0.15, -0.1) is 6.42 Å². The average Bonchev–Trinajstić information content (AvgIpc) is 3.81. The van der Waals surface area contributed by atoms with E-state index in [1.54, 1.807) is 6.92 Å². The number of fused-ring (bicyclic) bond motifs is 3. The van der Waals surface area contributed by atoms with E-state index in [2.05, 4.69) is 15.8 Å². The fraction of sp³-hybridized carbons (Fsp3) is 0.525. The van der Waals surface area contributed by atoms with E-state index in [9.17, 15) is 10.2 Å². The van der Waals surface area contributed by atoms with Crippen molar-refractivity contribution < 1.29 is 33.2 Å². The van der Waals surface area contributed by atoms with Gasteiger partial charge in [-0.05, 0) is 88.4 Å². The van der Waals surface area contributed by atoms with Gasteiger partial charge in [0.1, 0.15) is 34.0 Å². The number of aliphatic hydroxyl groups is 1. The van der Waals surface area contributed by atoms with E-state index in [0.717, 1.165) is 64.6 Å². The number of phenolic OH excluding ortho intramolecular Hbond substituents is 1. The number of anilines is 1. The van der Waals surface area contributed by atoms with E-state index in [-0.39, 0.29) is 68.8 Å². The topological polar surface area (TPSA) is 113 Å². The molecule has 12 heteroatoms. The standard InChI is InChI=1S/C40H45F2N5O5/c1-4-27-29(41)12-11-24-19-25(48)20-28(31(24)27)34-33(42)35-32(37(43-34)50-3)36(47-17-7-13-39(2,49)22-47)45-38(44-35)52-23-40-14-5-10-30(40)46(16-8-15-40)21-26-9-6-18-51-26/h1,11-12,19-20,26,30,48-49H,5-10,13-18,21-23H2,2-3H3. The van der Waals surface area contributed by atoms with Gasteiger partial charge in [-0.25, -0.2) is 13.8 Å². The number of rotatable bonds is 8. The highest BCUT2D eigenvalue weighted by atomic mass is 19.1. The normalized spacial score (nSPS) is 26.5. The molecule has 2 N–H and O–H groups in total. The van der Waals surface area contributed by atoms with Crippen LogP contribution in [-0.2, 0) is 4.74 Å². The van der Waals surface area contributed by atoms with E-state index >= 15 is 8.78 Å². The predicted molar refractivity (Wildman–Crippen MR) is 194 cm³/mol. The van der Waals surface area contributed by atoms with Crippen LogP contribution in [0.5, 0.6) is 17.6 Å². The molecule has 2 aromatic carbocycles. The molecule has 52 heavy (non-hydrogen) atoms. The number of hydrogen-bond acceptors (Lipinski definition) is 10. The average molecular weight is 714 g/mol. The highest BCUT2D eigenvalue weighted by Crippen LogP contribution is 2.49. The molecule has 1 aliphatic carbocycles. The lowest BCUT2D eigenvalue weighted by molar-refractivity contribution is -0.0252. The Kier molecular flexibility index (Phi) is 9.08. The van der Waals surface area contributed by atoms with Crippen molar-refractivity contribution in [3.8, 4) is 41.2 Å². The molecule has 0 bridgehead atoms. The number of terminal acetylenes is 1. The number of aromatic hydroxyl groups is 1. The number of aromatic nitrogens is 3. The van der Waals surface area contributed by atoms with Crippen LogP contribution < -0.4 is 14.4 Å². The number of halogens is 2. The largest absolute Gasteiger partial charge is 0.508 e. The number of β-amino-alcohol motifs (C(OH)–C–C–N with tert-alkyl or cyclic N) is 1. The summed E-state index contributed by atoms with van der Waals surface area (Å²) in [5.41, 5.74) is -1.42. The summed E-state index contributed by atoms with van der Waals surface area (Å²) in [6.07, 6.45) is 14.8. The van der Waals surface area contributed by atoms with Gasteiger partial charge in [-0.2, -0.15) is 9.97 Å². The number of likely N-dealkylation sites (tertiary alicyclic amines) is 1. The minimum Gasteiger partial charge on any atom is -0.508 e. The lowest BCUT2D eigenvalue weighted by atomic mass is 9.75. The summed E-state index contributed by atoms with van der Waals surface area (Å²) in [6, 6.07) is 5.79. The molecule has 274 valence electrons. The van der Waals surface area contributed by atoms with Crippen molar-refractivity contribution in [2.75, 3.05) is 51.4 Å². The van der Waals surface area contributed by atoms with Gasteiger partial charge in [-0.1, -0.05) is 18.4 Å². The molecule has 4 unspecified atom stereocenters. The van der Waals surface area contributed by atoms with Crippen molar-refractivity contribution in [3.63, 3.8) is 0 Å². The number of hydrogen-bond donors (Lipinski definition) is 2. The third-order valence-corrected chi connectivity index (χ3v) is 11.7. The molecular formula is C40H45F2N5O5. The highest BCUT2D eigenvalue weighted by Gasteiger charge is 2.49. The zero-order chi connectivity index (χ0) is 36.2. The van der Waals surface area contributed by atoms with Gasteiger partial charge < -0.3 is 29.3 Å². The Labute approximate surface area is 302 Å². The molecule has 4 atom stereocenters. The van der Waals surface area contributed by atoms with Crippen LogP contribution in [0.15, 0.2) is 24.3 Å². The summed E-state index contributed by atoms with van der Waals surface area (Å²) in [4.78, 5) is 18.7. The number of pyridine rings is 1. The Morgan fingerprint density at radius 3 is 2.63 bits per heavy atom. The second-order valence-electron chi connectivity index (χ2n) is 15.3. The third-order valence-electron chi connectivity index (χ3n) is 11.7. The van der Waals surface area contributed by atoms with Crippen LogP contribution >= 0.6 is 0 Å². The van der Waals surface area contributed by atoms with Gasteiger partial charge in [0.05, 0.1) is 31.0 Å². The fourth-order valence-electron chi connectivity index (χ4n) is 9.37. The minimum absolute atomic E-state index is 0.0122. The van der Waals surface area contributed by atoms with E-state index in [1.165, 1.54) is 31.4 Å². The van der Waals surface area contributed by atoms with E-state index in [0.29, 0.717) is 43.2 Å². The predicted octanol–water partition coefficient (Wildman–Crippen LogP) is 6.36. The first-order chi connectivity index (χ1) is 25.1. The molecule has 5 heterocycles. The first-order valence-electron chi connectivity index (χ1n) is 18.4. The van der Waals surface area contributed by atoms with Gasteiger partial charge >= 0.3 is 6.01 Å². The maximum Gasteiger partial charge on any atom is 0.319 e. The maximum atomic E-state index is 17.2. The smallest absolute Gasteiger partial charge is 0.319 e. The lowest BCUT2D eigenvalue weighted by Crippen LogP contribution is -2.53. The molecule has 4 fully saturated rings.